The van der Waals surface area contributed by atoms with Crippen molar-refractivity contribution >= 4 is 33.5 Å². The second-order valence-corrected chi connectivity index (χ2v) is 8.99. The average molecular weight is 357 g/mol. The molecule has 1 aromatic rings. The summed E-state index contributed by atoms with van der Waals surface area (Å²) >= 11 is 1.35. The van der Waals surface area contributed by atoms with Gasteiger partial charge in [0, 0.05) is 10.9 Å². The number of nitrogens with one attached hydrogen (secondary N) is 1. The molecule has 1 heterocycles. The van der Waals surface area contributed by atoms with Crippen LogP contribution in [0.5, 0.6) is 0 Å². The fraction of sp³-hybridized carbons (Fsp3) is 0.467. The fourth-order valence-corrected chi connectivity index (χ4v) is 4.74. The standard InChI is InChI=1S/C15H19NO5S2/c1-11(22-13-5-3-2-4-6-13)15(18)21-9-14(17)16-12-7-8-23(19,20)10-12/h2-6,11-12H,7-10H2,1H3,(H,16,17)/t11-,12-/m0/s1. The molecule has 1 aromatic carbocycles. The van der Waals surface area contributed by atoms with Crippen molar-refractivity contribution < 1.29 is 22.7 Å². The number of carbonyl (C=O) groups is 2. The normalized spacial score (nSPS) is 20.7. The van der Waals surface area contributed by atoms with Gasteiger partial charge in [-0.15, -0.1) is 11.8 Å². The zero-order chi connectivity index (χ0) is 16.9. The predicted molar refractivity (Wildman–Crippen MR) is 87.9 cm³/mol. The highest BCUT2D eigenvalue weighted by Gasteiger charge is 2.29. The van der Waals surface area contributed by atoms with Gasteiger partial charge >= 0.3 is 5.97 Å². The molecule has 2 rings (SSSR count). The molecule has 0 bridgehead atoms. The molecule has 0 unspecified atom stereocenters. The SMILES string of the molecule is C[C@H](Sc1ccccc1)C(=O)OCC(=O)N[C@H]1CCS(=O)(=O)C1. The molecule has 8 heteroatoms. The summed E-state index contributed by atoms with van der Waals surface area (Å²) in [6, 6.07) is 9.04. The van der Waals surface area contributed by atoms with Crippen molar-refractivity contribution in [2.24, 2.45) is 0 Å². The maximum absolute atomic E-state index is 11.9. The Labute approximate surface area is 139 Å². The molecule has 0 radical (unpaired) electrons. The molecule has 126 valence electrons. The Bertz CT molecular complexity index is 660. The Hall–Kier alpha value is -1.54. The summed E-state index contributed by atoms with van der Waals surface area (Å²) in [7, 11) is -3.05. The van der Waals surface area contributed by atoms with Crippen molar-refractivity contribution in [1.29, 1.82) is 0 Å². The summed E-state index contributed by atoms with van der Waals surface area (Å²) in [6.45, 7) is 1.32. The molecule has 2 atom stereocenters. The molecule has 23 heavy (non-hydrogen) atoms. The van der Waals surface area contributed by atoms with Crippen molar-refractivity contribution in [1.82, 2.24) is 5.32 Å². The van der Waals surface area contributed by atoms with Crippen LogP contribution in [0, 0.1) is 0 Å². The minimum Gasteiger partial charge on any atom is -0.455 e. The van der Waals surface area contributed by atoms with E-state index in [-0.39, 0.29) is 17.5 Å². The van der Waals surface area contributed by atoms with Crippen LogP contribution < -0.4 is 5.32 Å². The zero-order valence-corrected chi connectivity index (χ0v) is 14.4. The molecule has 0 spiro atoms. The van der Waals surface area contributed by atoms with Crippen molar-refractivity contribution in [3.8, 4) is 0 Å². The summed E-state index contributed by atoms with van der Waals surface area (Å²) < 4.78 is 27.6. The number of rotatable bonds is 6. The Morgan fingerprint density at radius 2 is 2.04 bits per heavy atom. The van der Waals surface area contributed by atoms with Crippen molar-refractivity contribution in [2.75, 3.05) is 18.1 Å². The first-order valence-corrected chi connectivity index (χ1v) is 9.94. The third-order valence-corrected chi connectivity index (χ3v) is 6.19. The first-order chi connectivity index (χ1) is 10.9. The number of hydrogen-bond donors (Lipinski definition) is 1. The van der Waals surface area contributed by atoms with Crippen molar-refractivity contribution in [2.45, 2.75) is 29.5 Å². The molecule has 1 fully saturated rings. The van der Waals surface area contributed by atoms with E-state index in [4.69, 9.17) is 4.74 Å². The van der Waals surface area contributed by atoms with E-state index < -0.39 is 33.6 Å². The van der Waals surface area contributed by atoms with Gasteiger partial charge in [-0.2, -0.15) is 0 Å². The van der Waals surface area contributed by atoms with Gasteiger partial charge in [0.15, 0.2) is 16.4 Å². The summed E-state index contributed by atoms with van der Waals surface area (Å²) in [4.78, 5) is 24.5. The first kappa shape index (κ1) is 17.8. The summed E-state index contributed by atoms with van der Waals surface area (Å²) in [5, 5.41) is 2.14. The van der Waals surface area contributed by atoms with Gasteiger partial charge in [-0.3, -0.25) is 9.59 Å². The van der Waals surface area contributed by atoms with Gasteiger partial charge in [-0.25, -0.2) is 8.42 Å². The molecule has 1 saturated heterocycles. The van der Waals surface area contributed by atoms with E-state index in [1.54, 1.807) is 6.92 Å². The third kappa shape index (κ3) is 5.87. The van der Waals surface area contributed by atoms with Crippen LogP contribution in [0.15, 0.2) is 35.2 Å². The number of ether oxygens (including phenoxy) is 1. The lowest BCUT2D eigenvalue weighted by molar-refractivity contribution is -0.147. The minimum absolute atomic E-state index is 0.0487. The van der Waals surface area contributed by atoms with Gasteiger partial charge in [0.05, 0.1) is 11.5 Å². The second kappa shape index (κ2) is 7.83. The molecule has 0 aliphatic carbocycles. The van der Waals surface area contributed by atoms with Gasteiger partial charge in [0.2, 0.25) is 0 Å². The Balaban J connectivity index is 1.72. The number of thioether (sulfide) groups is 1. The average Bonchev–Trinajstić information content (AvgIpc) is 2.84. The molecule has 1 N–H and O–H groups in total. The van der Waals surface area contributed by atoms with E-state index in [0.717, 1.165) is 4.90 Å². The highest BCUT2D eigenvalue weighted by Crippen LogP contribution is 2.23. The Kier molecular flexibility index (Phi) is 6.06. The van der Waals surface area contributed by atoms with Gasteiger partial charge < -0.3 is 10.1 Å². The first-order valence-electron chi connectivity index (χ1n) is 7.24. The number of amides is 1. The third-order valence-electron chi connectivity index (χ3n) is 3.33. The number of esters is 1. The maximum Gasteiger partial charge on any atom is 0.319 e. The highest BCUT2D eigenvalue weighted by molar-refractivity contribution is 8.00. The number of carbonyl (C=O) groups excluding carboxylic acids is 2. The Morgan fingerprint density at radius 3 is 2.65 bits per heavy atom. The largest absolute Gasteiger partial charge is 0.455 e. The van der Waals surface area contributed by atoms with E-state index in [1.165, 1.54) is 11.8 Å². The fourth-order valence-electron chi connectivity index (χ4n) is 2.18. The van der Waals surface area contributed by atoms with E-state index in [2.05, 4.69) is 5.32 Å². The number of benzene rings is 1. The van der Waals surface area contributed by atoms with Crippen LogP contribution in [-0.2, 0) is 24.2 Å². The van der Waals surface area contributed by atoms with Gasteiger partial charge in [0.1, 0.15) is 5.25 Å². The van der Waals surface area contributed by atoms with Crippen molar-refractivity contribution in [3.63, 3.8) is 0 Å². The molecule has 6 nitrogen and oxygen atoms in total. The maximum atomic E-state index is 11.9. The van der Waals surface area contributed by atoms with Crippen LogP contribution in [0.3, 0.4) is 0 Å². The number of hydrogen-bond acceptors (Lipinski definition) is 6. The van der Waals surface area contributed by atoms with E-state index in [0.29, 0.717) is 6.42 Å². The molecule has 0 aromatic heterocycles. The summed E-state index contributed by atoms with van der Waals surface area (Å²) in [5.74, 6) is -0.916. The predicted octanol–water partition coefficient (Wildman–Crippen LogP) is 1.01. The molecule has 1 amide bonds. The molecular weight excluding hydrogens is 338 g/mol. The summed E-state index contributed by atoms with van der Waals surface area (Å²) in [6.07, 6.45) is 0.405. The highest BCUT2D eigenvalue weighted by atomic mass is 32.2. The van der Waals surface area contributed by atoms with Crippen LogP contribution in [-0.4, -0.2) is 49.7 Å². The van der Waals surface area contributed by atoms with Crippen LogP contribution in [0.4, 0.5) is 0 Å². The van der Waals surface area contributed by atoms with Gasteiger partial charge in [0.25, 0.3) is 5.91 Å². The van der Waals surface area contributed by atoms with Crippen LogP contribution in [0.1, 0.15) is 13.3 Å². The zero-order valence-electron chi connectivity index (χ0n) is 12.7. The topological polar surface area (TPSA) is 89.5 Å². The smallest absolute Gasteiger partial charge is 0.319 e. The lowest BCUT2D eigenvalue weighted by Crippen LogP contribution is -2.38. The van der Waals surface area contributed by atoms with E-state index in [1.807, 2.05) is 30.3 Å². The minimum atomic E-state index is -3.05. The lowest BCUT2D eigenvalue weighted by Gasteiger charge is -2.13. The molecule has 1 aliphatic rings. The molecule has 1 aliphatic heterocycles. The van der Waals surface area contributed by atoms with Crippen LogP contribution in [0.25, 0.3) is 0 Å². The second-order valence-electron chi connectivity index (χ2n) is 5.35. The van der Waals surface area contributed by atoms with Gasteiger partial charge in [-0.1, -0.05) is 18.2 Å². The Morgan fingerprint density at radius 1 is 1.35 bits per heavy atom. The van der Waals surface area contributed by atoms with Gasteiger partial charge in [-0.05, 0) is 25.5 Å². The van der Waals surface area contributed by atoms with Crippen LogP contribution in [0.2, 0.25) is 0 Å². The molecule has 0 saturated carbocycles. The lowest BCUT2D eigenvalue weighted by atomic mass is 10.2. The monoisotopic (exact) mass is 357 g/mol. The van der Waals surface area contributed by atoms with Crippen molar-refractivity contribution in [3.05, 3.63) is 30.3 Å². The molecular formula is C15H19NO5S2. The van der Waals surface area contributed by atoms with E-state index in [9.17, 15) is 18.0 Å². The summed E-state index contributed by atoms with van der Waals surface area (Å²) in [5.41, 5.74) is 0. The van der Waals surface area contributed by atoms with E-state index >= 15 is 0 Å². The quantitative estimate of drug-likeness (QED) is 0.604. The van der Waals surface area contributed by atoms with Crippen LogP contribution >= 0.6 is 11.8 Å². The number of sulfone groups is 1.